The van der Waals surface area contributed by atoms with Crippen molar-refractivity contribution >= 4 is 28.7 Å². The lowest BCUT2D eigenvalue weighted by Gasteiger charge is -2.19. The molecule has 0 unspecified atom stereocenters. The molecule has 1 saturated heterocycles. The van der Waals surface area contributed by atoms with Crippen molar-refractivity contribution in [3.63, 3.8) is 0 Å². The highest BCUT2D eigenvalue weighted by molar-refractivity contribution is 8.00. The first-order valence-electron chi connectivity index (χ1n) is 7.04. The molecule has 0 radical (unpaired) electrons. The largest absolute Gasteiger partial charge is 0.342 e. The van der Waals surface area contributed by atoms with E-state index in [4.69, 9.17) is 0 Å². The number of para-hydroxylation sites is 2. The van der Waals surface area contributed by atoms with E-state index in [1.54, 1.807) is 11.8 Å². The van der Waals surface area contributed by atoms with Crippen LogP contribution in [0.1, 0.15) is 19.8 Å². The molecule has 1 atom stereocenters. The van der Waals surface area contributed by atoms with E-state index in [-0.39, 0.29) is 11.2 Å². The first-order chi connectivity index (χ1) is 9.66. The second-order valence-electron chi connectivity index (χ2n) is 5.23. The number of benzene rings is 1. The molecule has 1 aromatic heterocycles. The van der Waals surface area contributed by atoms with Gasteiger partial charge in [-0.05, 0) is 31.9 Å². The summed E-state index contributed by atoms with van der Waals surface area (Å²) in [5.41, 5.74) is 2.09. The average molecular weight is 289 g/mol. The van der Waals surface area contributed by atoms with Crippen LogP contribution in [-0.4, -0.2) is 38.7 Å². The van der Waals surface area contributed by atoms with Gasteiger partial charge in [0.1, 0.15) is 0 Å². The van der Waals surface area contributed by atoms with E-state index in [1.807, 2.05) is 37.1 Å². The van der Waals surface area contributed by atoms with Crippen molar-refractivity contribution < 1.29 is 4.79 Å². The summed E-state index contributed by atoms with van der Waals surface area (Å²) >= 11 is 1.55. The Bertz CT molecular complexity index is 631. The Balaban J connectivity index is 1.78. The SMILES string of the molecule is C[C@@H](Sc1nc2ccccc2n1C)C(=O)N1CCCC1. The Labute approximate surface area is 123 Å². The standard InChI is InChI=1S/C15H19N3OS/c1-11(14(19)18-9-5-6-10-18)20-15-16-12-7-3-4-8-13(12)17(15)2/h3-4,7-8,11H,5-6,9-10H2,1-2H3/t11-/m1/s1. The van der Waals surface area contributed by atoms with Crippen molar-refractivity contribution in [3.8, 4) is 0 Å². The Morgan fingerprint density at radius 3 is 2.70 bits per heavy atom. The minimum atomic E-state index is -0.0800. The van der Waals surface area contributed by atoms with Crippen LogP contribution >= 0.6 is 11.8 Å². The van der Waals surface area contributed by atoms with Crippen LogP contribution in [0.15, 0.2) is 29.4 Å². The van der Waals surface area contributed by atoms with Gasteiger partial charge in [-0.1, -0.05) is 23.9 Å². The van der Waals surface area contributed by atoms with E-state index in [0.29, 0.717) is 0 Å². The molecule has 1 aliphatic rings. The molecule has 106 valence electrons. The van der Waals surface area contributed by atoms with Crippen molar-refractivity contribution in [1.29, 1.82) is 0 Å². The summed E-state index contributed by atoms with van der Waals surface area (Å²) in [6.45, 7) is 3.79. The van der Waals surface area contributed by atoms with Gasteiger partial charge < -0.3 is 9.47 Å². The van der Waals surface area contributed by atoms with Gasteiger partial charge in [-0.2, -0.15) is 0 Å². The van der Waals surface area contributed by atoms with E-state index in [1.165, 1.54) is 0 Å². The molecule has 5 heteroatoms. The Hall–Kier alpha value is -1.49. The Kier molecular flexibility index (Phi) is 3.70. The number of nitrogens with zero attached hydrogens (tertiary/aromatic N) is 3. The van der Waals surface area contributed by atoms with E-state index in [0.717, 1.165) is 42.1 Å². The number of hydrogen-bond acceptors (Lipinski definition) is 3. The van der Waals surface area contributed by atoms with Gasteiger partial charge in [-0.25, -0.2) is 4.98 Å². The van der Waals surface area contributed by atoms with Gasteiger partial charge in [-0.3, -0.25) is 4.79 Å². The minimum Gasteiger partial charge on any atom is -0.342 e. The fraction of sp³-hybridized carbons (Fsp3) is 0.467. The fourth-order valence-corrected chi connectivity index (χ4v) is 3.61. The van der Waals surface area contributed by atoms with Gasteiger partial charge in [0.05, 0.1) is 16.3 Å². The zero-order valence-corrected chi connectivity index (χ0v) is 12.7. The van der Waals surface area contributed by atoms with Crippen molar-refractivity contribution in [2.45, 2.75) is 30.2 Å². The van der Waals surface area contributed by atoms with E-state index in [2.05, 4.69) is 15.6 Å². The maximum Gasteiger partial charge on any atom is 0.235 e. The number of rotatable bonds is 3. The lowest BCUT2D eigenvalue weighted by atomic mass is 10.3. The molecule has 0 spiro atoms. The summed E-state index contributed by atoms with van der Waals surface area (Å²) in [4.78, 5) is 18.9. The summed E-state index contributed by atoms with van der Waals surface area (Å²) in [5, 5.41) is 0.829. The van der Waals surface area contributed by atoms with Gasteiger partial charge in [0.15, 0.2) is 5.16 Å². The monoisotopic (exact) mass is 289 g/mol. The fourth-order valence-electron chi connectivity index (χ4n) is 2.63. The lowest BCUT2D eigenvalue weighted by Crippen LogP contribution is -2.34. The molecule has 20 heavy (non-hydrogen) atoms. The summed E-state index contributed by atoms with van der Waals surface area (Å²) in [6, 6.07) is 8.06. The van der Waals surface area contributed by atoms with Crippen LogP contribution in [0.25, 0.3) is 11.0 Å². The molecular weight excluding hydrogens is 270 g/mol. The third-order valence-corrected chi connectivity index (χ3v) is 4.92. The van der Waals surface area contributed by atoms with Crippen molar-refractivity contribution in [2.24, 2.45) is 7.05 Å². The van der Waals surface area contributed by atoms with Gasteiger partial charge in [-0.15, -0.1) is 0 Å². The highest BCUT2D eigenvalue weighted by Gasteiger charge is 2.25. The molecule has 1 aliphatic heterocycles. The number of fused-ring (bicyclic) bond motifs is 1. The van der Waals surface area contributed by atoms with Crippen LogP contribution < -0.4 is 0 Å². The first-order valence-corrected chi connectivity index (χ1v) is 7.91. The highest BCUT2D eigenvalue weighted by atomic mass is 32.2. The predicted octanol–water partition coefficient (Wildman–Crippen LogP) is 2.68. The number of aromatic nitrogens is 2. The molecular formula is C15H19N3OS. The zero-order valence-electron chi connectivity index (χ0n) is 11.9. The quantitative estimate of drug-likeness (QED) is 0.815. The Morgan fingerprint density at radius 1 is 1.30 bits per heavy atom. The average Bonchev–Trinajstić information content (AvgIpc) is 3.08. The van der Waals surface area contributed by atoms with Crippen LogP contribution in [0.4, 0.5) is 0 Å². The number of carbonyl (C=O) groups excluding carboxylic acids is 1. The molecule has 0 bridgehead atoms. The summed E-state index contributed by atoms with van der Waals surface area (Å²) in [5.74, 6) is 0.236. The third kappa shape index (κ3) is 2.42. The van der Waals surface area contributed by atoms with E-state index >= 15 is 0 Å². The third-order valence-electron chi connectivity index (χ3n) is 3.79. The Morgan fingerprint density at radius 2 is 2.00 bits per heavy atom. The van der Waals surface area contributed by atoms with Gasteiger partial charge >= 0.3 is 0 Å². The molecule has 0 N–H and O–H groups in total. The molecule has 2 heterocycles. The molecule has 3 rings (SSSR count). The second kappa shape index (κ2) is 5.48. The molecule has 2 aromatic rings. The number of likely N-dealkylation sites (tertiary alicyclic amines) is 1. The van der Waals surface area contributed by atoms with Gasteiger partial charge in [0.25, 0.3) is 0 Å². The number of imidazole rings is 1. The van der Waals surface area contributed by atoms with Crippen molar-refractivity contribution in [3.05, 3.63) is 24.3 Å². The summed E-state index contributed by atoms with van der Waals surface area (Å²) in [7, 11) is 2.00. The predicted molar refractivity (Wildman–Crippen MR) is 81.8 cm³/mol. The molecule has 4 nitrogen and oxygen atoms in total. The minimum absolute atomic E-state index is 0.0800. The molecule has 0 aliphatic carbocycles. The van der Waals surface area contributed by atoms with E-state index < -0.39 is 0 Å². The maximum atomic E-state index is 12.3. The van der Waals surface area contributed by atoms with Crippen LogP contribution in [0.5, 0.6) is 0 Å². The van der Waals surface area contributed by atoms with Crippen LogP contribution in [-0.2, 0) is 11.8 Å². The number of hydrogen-bond donors (Lipinski definition) is 0. The normalized spacial score (nSPS) is 16.8. The van der Waals surface area contributed by atoms with Crippen LogP contribution in [0.2, 0.25) is 0 Å². The van der Waals surface area contributed by atoms with Crippen LogP contribution in [0.3, 0.4) is 0 Å². The van der Waals surface area contributed by atoms with E-state index in [9.17, 15) is 4.79 Å². The van der Waals surface area contributed by atoms with Crippen LogP contribution in [0, 0.1) is 0 Å². The van der Waals surface area contributed by atoms with Crippen molar-refractivity contribution in [1.82, 2.24) is 14.5 Å². The van der Waals surface area contributed by atoms with Gasteiger partial charge in [0.2, 0.25) is 5.91 Å². The lowest BCUT2D eigenvalue weighted by molar-refractivity contribution is -0.129. The smallest absolute Gasteiger partial charge is 0.235 e. The number of thioether (sulfide) groups is 1. The van der Waals surface area contributed by atoms with Gasteiger partial charge in [0, 0.05) is 20.1 Å². The number of aryl methyl sites for hydroxylation is 1. The number of carbonyl (C=O) groups is 1. The molecule has 0 saturated carbocycles. The summed E-state index contributed by atoms with van der Waals surface area (Å²) < 4.78 is 2.06. The molecule has 1 fully saturated rings. The second-order valence-corrected chi connectivity index (χ2v) is 6.54. The number of amides is 1. The topological polar surface area (TPSA) is 38.1 Å². The maximum absolute atomic E-state index is 12.3. The first kappa shape index (κ1) is 13.5. The highest BCUT2D eigenvalue weighted by Crippen LogP contribution is 2.27. The molecule has 1 amide bonds. The zero-order chi connectivity index (χ0) is 14.1. The van der Waals surface area contributed by atoms with Crippen molar-refractivity contribution in [2.75, 3.05) is 13.1 Å². The summed E-state index contributed by atoms with van der Waals surface area (Å²) in [6.07, 6.45) is 2.27. The molecule has 1 aromatic carbocycles.